The van der Waals surface area contributed by atoms with E-state index in [0.717, 1.165) is 6.04 Å². The Morgan fingerprint density at radius 1 is 1.83 bits per heavy atom. The molecule has 1 aliphatic carbocycles. The van der Waals surface area contributed by atoms with Gasteiger partial charge in [0.1, 0.15) is 0 Å². The van der Waals surface area contributed by atoms with E-state index < -0.39 is 0 Å². The Labute approximate surface area is 37.0 Å². The van der Waals surface area contributed by atoms with E-state index in [1.54, 1.807) is 5.57 Å². The van der Waals surface area contributed by atoms with Crippen molar-refractivity contribution in [3.8, 4) is 0 Å². The van der Waals surface area contributed by atoms with Gasteiger partial charge in [-0.2, -0.15) is 0 Å². The van der Waals surface area contributed by atoms with Crippen LogP contribution in [0.5, 0.6) is 0 Å². The molecule has 1 unspecified atom stereocenters. The van der Waals surface area contributed by atoms with Crippen LogP contribution in [0.2, 0.25) is 0 Å². The van der Waals surface area contributed by atoms with E-state index in [1.165, 1.54) is 13.0 Å². The molecule has 0 aromatic heterocycles. The summed E-state index contributed by atoms with van der Waals surface area (Å²) in [6, 6.07) is 0.778. The smallest absolute Gasteiger partial charge is 0.0293 e. The molecule has 0 aromatic carbocycles. The molecule has 1 heteroatoms. The Balaban J connectivity index is 2.39. The van der Waals surface area contributed by atoms with Gasteiger partial charge < -0.3 is 5.32 Å². The molecule has 1 saturated heterocycles. The molecule has 0 aromatic rings. The van der Waals surface area contributed by atoms with E-state index in [1.807, 2.05) is 0 Å². The minimum absolute atomic E-state index is 0.778. The number of fused-ring (bicyclic) bond motifs is 1. The summed E-state index contributed by atoms with van der Waals surface area (Å²) >= 11 is 0. The zero-order valence-electron chi connectivity index (χ0n) is 3.57. The third-order valence-corrected chi connectivity index (χ3v) is 1.51. The first-order chi connectivity index (χ1) is 2.95. The van der Waals surface area contributed by atoms with Crippen molar-refractivity contribution in [3.63, 3.8) is 0 Å². The fraction of sp³-hybridized carbons (Fsp3) is 0.600. The van der Waals surface area contributed by atoms with Crippen molar-refractivity contribution >= 4 is 0 Å². The molecule has 1 atom stereocenters. The molecule has 1 fully saturated rings. The first-order valence-electron chi connectivity index (χ1n) is 2.38. The summed E-state index contributed by atoms with van der Waals surface area (Å²) in [6.45, 7) is 1.17. The molecule has 32 valence electrons. The zero-order chi connectivity index (χ0) is 3.98. The summed E-state index contributed by atoms with van der Waals surface area (Å²) < 4.78 is 0. The van der Waals surface area contributed by atoms with Gasteiger partial charge >= 0.3 is 0 Å². The van der Waals surface area contributed by atoms with Crippen molar-refractivity contribution in [2.24, 2.45) is 0 Å². The molecule has 1 nitrogen and oxygen atoms in total. The molecule has 0 radical (unpaired) electrons. The van der Waals surface area contributed by atoms with Crippen molar-refractivity contribution in [1.29, 1.82) is 0 Å². The summed E-state index contributed by atoms with van der Waals surface area (Å²) in [5, 5.41) is 3.30. The molecule has 3 rings (SSSR count). The van der Waals surface area contributed by atoms with Crippen molar-refractivity contribution < 1.29 is 0 Å². The van der Waals surface area contributed by atoms with E-state index >= 15 is 0 Å². The lowest BCUT2D eigenvalue weighted by molar-refractivity contribution is 0.714. The quantitative estimate of drug-likeness (QED) is 0.413. The van der Waals surface area contributed by atoms with Gasteiger partial charge in [-0.15, -0.1) is 0 Å². The lowest BCUT2D eigenvalue weighted by Gasteiger charge is -2.07. The lowest BCUT2D eigenvalue weighted by Crippen LogP contribution is -2.17. The zero-order valence-corrected chi connectivity index (χ0v) is 3.57. The Kier molecular flexibility index (Phi) is 0.320. The van der Waals surface area contributed by atoms with E-state index in [-0.39, 0.29) is 0 Å². The third-order valence-electron chi connectivity index (χ3n) is 1.51. The molecule has 0 amide bonds. The summed E-state index contributed by atoms with van der Waals surface area (Å²) in [5.74, 6) is 0. The van der Waals surface area contributed by atoms with E-state index in [9.17, 15) is 0 Å². The maximum absolute atomic E-state index is 3.30. The number of rotatable bonds is 0. The van der Waals surface area contributed by atoms with Crippen LogP contribution in [0.1, 0.15) is 6.42 Å². The number of hydrogen-bond acceptors (Lipinski definition) is 1. The van der Waals surface area contributed by atoms with Gasteiger partial charge in [0.05, 0.1) is 0 Å². The summed E-state index contributed by atoms with van der Waals surface area (Å²) in [5.41, 5.74) is 1.61. The second-order valence-electron chi connectivity index (χ2n) is 2.02. The maximum Gasteiger partial charge on any atom is 0.0293 e. The monoisotopic (exact) mass is 81.1 g/mol. The average molecular weight is 81.1 g/mol. The van der Waals surface area contributed by atoms with Gasteiger partial charge in [-0.05, 0) is 6.42 Å². The van der Waals surface area contributed by atoms with Crippen LogP contribution < -0.4 is 5.32 Å². The van der Waals surface area contributed by atoms with Gasteiger partial charge in [0.2, 0.25) is 0 Å². The minimum Gasteiger partial charge on any atom is -0.306 e. The van der Waals surface area contributed by atoms with Crippen molar-refractivity contribution in [2.45, 2.75) is 12.5 Å². The molecular weight excluding hydrogens is 74.1 g/mol. The Morgan fingerprint density at radius 3 is 2.83 bits per heavy atom. The largest absolute Gasteiger partial charge is 0.306 e. The molecular formula is C5H7N. The number of nitrogens with one attached hydrogen (secondary N) is 1. The molecule has 2 aliphatic heterocycles. The van der Waals surface area contributed by atoms with Gasteiger partial charge in [-0.25, -0.2) is 0 Å². The van der Waals surface area contributed by atoms with Crippen LogP contribution >= 0.6 is 0 Å². The van der Waals surface area contributed by atoms with Crippen molar-refractivity contribution in [1.82, 2.24) is 5.32 Å². The lowest BCUT2D eigenvalue weighted by atomic mass is 10.0. The Morgan fingerprint density at radius 2 is 2.67 bits per heavy atom. The summed E-state index contributed by atoms with van der Waals surface area (Å²) in [6.07, 6.45) is 3.64. The van der Waals surface area contributed by atoms with Crippen LogP contribution in [0.15, 0.2) is 11.6 Å². The standard InChI is InChI=1S/C5H7N/c1-4-2-5(1)6-3-4/h1,5-6H,2-3H2. The second kappa shape index (κ2) is 0.684. The third kappa shape index (κ3) is 0.167. The fourth-order valence-corrected chi connectivity index (χ4v) is 1.06. The minimum atomic E-state index is 0.778. The van der Waals surface area contributed by atoms with Crippen LogP contribution in [-0.4, -0.2) is 12.6 Å². The molecule has 3 aliphatic rings. The topological polar surface area (TPSA) is 12.0 Å². The highest BCUT2D eigenvalue weighted by molar-refractivity contribution is 5.28. The molecule has 2 heterocycles. The molecule has 6 heavy (non-hydrogen) atoms. The Bertz CT molecular complexity index is 101. The van der Waals surface area contributed by atoms with E-state index in [2.05, 4.69) is 11.4 Å². The van der Waals surface area contributed by atoms with Gasteiger partial charge in [0.25, 0.3) is 0 Å². The molecule has 2 bridgehead atoms. The van der Waals surface area contributed by atoms with Crippen LogP contribution in [0, 0.1) is 0 Å². The predicted octanol–water partition coefficient (Wildman–Crippen LogP) is 0.288. The van der Waals surface area contributed by atoms with Crippen LogP contribution in [0.4, 0.5) is 0 Å². The van der Waals surface area contributed by atoms with Crippen LogP contribution in [-0.2, 0) is 0 Å². The van der Waals surface area contributed by atoms with Gasteiger partial charge in [-0.3, -0.25) is 0 Å². The first kappa shape index (κ1) is 2.80. The van der Waals surface area contributed by atoms with Gasteiger partial charge in [0.15, 0.2) is 0 Å². The SMILES string of the molecule is C1=C2CNC1C2. The predicted molar refractivity (Wildman–Crippen MR) is 24.5 cm³/mol. The highest BCUT2D eigenvalue weighted by Gasteiger charge is 2.24. The molecule has 0 saturated carbocycles. The van der Waals surface area contributed by atoms with Crippen molar-refractivity contribution in [2.75, 3.05) is 6.54 Å². The normalized spacial score (nSPS) is 38.7. The summed E-state index contributed by atoms with van der Waals surface area (Å²) in [7, 11) is 0. The van der Waals surface area contributed by atoms with Crippen LogP contribution in [0.3, 0.4) is 0 Å². The van der Waals surface area contributed by atoms with Crippen LogP contribution in [0.25, 0.3) is 0 Å². The summed E-state index contributed by atoms with van der Waals surface area (Å²) in [4.78, 5) is 0. The first-order valence-corrected chi connectivity index (χ1v) is 2.38. The average Bonchev–Trinajstić information content (AvgIpc) is 1.72. The Hall–Kier alpha value is -0.300. The van der Waals surface area contributed by atoms with Gasteiger partial charge in [0, 0.05) is 12.6 Å². The van der Waals surface area contributed by atoms with E-state index in [4.69, 9.17) is 0 Å². The molecule has 1 N–H and O–H groups in total. The highest BCUT2D eigenvalue weighted by atomic mass is 15.0. The fourth-order valence-electron chi connectivity index (χ4n) is 1.06. The number of hydrogen-bond donors (Lipinski definition) is 1. The second-order valence-corrected chi connectivity index (χ2v) is 2.02. The van der Waals surface area contributed by atoms with Crippen molar-refractivity contribution in [3.05, 3.63) is 11.6 Å². The van der Waals surface area contributed by atoms with E-state index in [0.29, 0.717) is 0 Å². The highest BCUT2D eigenvalue weighted by Crippen LogP contribution is 2.24. The van der Waals surface area contributed by atoms with Gasteiger partial charge in [-0.1, -0.05) is 11.6 Å². The molecule has 0 spiro atoms. The maximum atomic E-state index is 3.30.